The molecular formula is C16H25FN2O2. The van der Waals surface area contributed by atoms with Crippen LogP contribution in [0.5, 0.6) is 5.75 Å². The Hall–Kier alpha value is -1.62. The predicted molar refractivity (Wildman–Crippen MR) is 81.8 cm³/mol. The molecule has 5 heteroatoms. The van der Waals surface area contributed by atoms with Gasteiger partial charge >= 0.3 is 0 Å². The van der Waals surface area contributed by atoms with Crippen molar-refractivity contribution >= 4 is 5.91 Å². The molecule has 0 radical (unpaired) electrons. The summed E-state index contributed by atoms with van der Waals surface area (Å²) in [6, 6.07) is 4.29. The van der Waals surface area contributed by atoms with E-state index in [2.05, 4.69) is 10.6 Å². The van der Waals surface area contributed by atoms with Crippen LogP contribution in [0.1, 0.15) is 39.7 Å². The van der Waals surface area contributed by atoms with Gasteiger partial charge in [0, 0.05) is 17.6 Å². The first-order valence-electron chi connectivity index (χ1n) is 7.20. The van der Waals surface area contributed by atoms with Crippen LogP contribution in [0.25, 0.3) is 0 Å². The smallest absolute Gasteiger partial charge is 0.261 e. The van der Waals surface area contributed by atoms with Crippen LogP contribution in [0.4, 0.5) is 4.39 Å². The van der Waals surface area contributed by atoms with Crippen LogP contribution >= 0.6 is 0 Å². The van der Waals surface area contributed by atoms with E-state index in [1.807, 2.05) is 20.8 Å². The van der Waals surface area contributed by atoms with E-state index in [0.29, 0.717) is 17.9 Å². The molecule has 0 fully saturated rings. The number of nitrogens with one attached hydrogen (secondary N) is 2. The minimum absolute atomic E-state index is 0.179. The Morgan fingerprint density at radius 2 is 2.10 bits per heavy atom. The van der Waals surface area contributed by atoms with Gasteiger partial charge in [-0.05, 0) is 52.4 Å². The van der Waals surface area contributed by atoms with E-state index in [-0.39, 0.29) is 17.3 Å². The van der Waals surface area contributed by atoms with E-state index in [1.165, 1.54) is 12.1 Å². The molecule has 4 nitrogen and oxygen atoms in total. The van der Waals surface area contributed by atoms with Gasteiger partial charge < -0.3 is 15.4 Å². The molecular weight excluding hydrogens is 271 g/mol. The van der Waals surface area contributed by atoms with Crippen LogP contribution in [0.15, 0.2) is 18.2 Å². The van der Waals surface area contributed by atoms with E-state index in [4.69, 9.17) is 4.74 Å². The Balaban J connectivity index is 2.78. The lowest BCUT2D eigenvalue weighted by molar-refractivity contribution is -0.129. The third-order valence-corrected chi connectivity index (χ3v) is 3.41. The summed E-state index contributed by atoms with van der Waals surface area (Å²) in [6.07, 6.45) is 0.185. The highest BCUT2D eigenvalue weighted by Gasteiger charge is 2.23. The van der Waals surface area contributed by atoms with Crippen LogP contribution in [-0.4, -0.2) is 24.6 Å². The Labute approximate surface area is 126 Å². The molecule has 2 N–H and O–H groups in total. The first-order chi connectivity index (χ1) is 9.79. The van der Waals surface area contributed by atoms with Gasteiger partial charge in [-0.2, -0.15) is 0 Å². The first-order valence-corrected chi connectivity index (χ1v) is 7.20. The normalized spacial score (nSPS) is 12.9. The minimum Gasteiger partial charge on any atom is -0.481 e. The topological polar surface area (TPSA) is 50.4 Å². The van der Waals surface area contributed by atoms with Crippen LogP contribution in [0.3, 0.4) is 0 Å². The van der Waals surface area contributed by atoms with Gasteiger partial charge in [0.2, 0.25) is 0 Å². The molecule has 0 aliphatic carbocycles. The molecule has 0 aliphatic heterocycles. The summed E-state index contributed by atoms with van der Waals surface area (Å²) in [5, 5.41) is 5.89. The van der Waals surface area contributed by atoms with E-state index >= 15 is 0 Å². The quantitative estimate of drug-likeness (QED) is 0.813. The van der Waals surface area contributed by atoms with Gasteiger partial charge in [0.1, 0.15) is 11.6 Å². The van der Waals surface area contributed by atoms with Crippen molar-refractivity contribution in [1.29, 1.82) is 0 Å². The number of halogens is 1. The van der Waals surface area contributed by atoms with Crippen LogP contribution in [-0.2, 0) is 11.3 Å². The van der Waals surface area contributed by atoms with E-state index in [9.17, 15) is 9.18 Å². The van der Waals surface area contributed by atoms with Crippen molar-refractivity contribution in [2.24, 2.45) is 0 Å². The van der Waals surface area contributed by atoms with Crippen LogP contribution < -0.4 is 15.4 Å². The second-order valence-corrected chi connectivity index (χ2v) is 5.77. The third kappa shape index (κ3) is 5.34. The van der Waals surface area contributed by atoms with Crippen molar-refractivity contribution in [2.45, 2.75) is 52.3 Å². The van der Waals surface area contributed by atoms with Crippen molar-refractivity contribution in [3.8, 4) is 5.75 Å². The van der Waals surface area contributed by atoms with E-state index in [0.717, 1.165) is 6.42 Å². The average Bonchev–Trinajstić information content (AvgIpc) is 2.41. The van der Waals surface area contributed by atoms with Gasteiger partial charge in [-0.1, -0.05) is 6.92 Å². The van der Waals surface area contributed by atoms with E-state index in [1.54, 1.807) is 20.0 Å². The molecule has 118 valence electrons. The lowest BCUT2D eigenvalue weighted by atomic mass is 10.0. The Bertz CT molecular complexity index is 489. The summed E-state index contributed by atoms with van der Waals surface area (Å²) in [5.74, 6) is 0.0149. The summed E-state index contributed by atoms with van der Waals surface area (Å²) in [7, 11) is 1.77. The summed E-state index contributed by atoms with van der Waals surface area (Å²) < 4.78 is 19.0. The maximum absolute atomic E-state index is 13.3. The molecule has 21 heavy (non-hydrogen) atoms. The van der Waals surface area contributed by atoms with Crippen molar-refractivity contribution in [2.75, 3.05) is 7.05 Å². The van der Waals surface area contributed by atoms with Gasteiger partial charge in [-0.3, -0.25) is 4.79 Å². The van der Waals surface area contributed by atoms with Crippen molar-refractivity contribution in [3.63, 3.8) is 0 Å². The molecule has 1 rings (SSSR count). The molecule has 0 aromatic heterocycles. The molecule has 0 aliphatic rings. The molecule has 0 spiro atoms. The standard InChI is InChI=1S/C16H25FN2O2/c1-6-16(3,4)19-15(20)11(2)21-14-8-7-13(17)9-12(14)10-18-5/h7-9,11,18H,6,10H2,1-5H3,(H,19,20). The molecule has 1 aromatic rings. The Kier molecular flexibility index (Phi) is 6.15. The monoisotopic (exact) mass is 296 g/mol. The number of carbonyl (C=O) groups excluding carboxylic acids is 1. The molecule has 0 heterocycles. The molecule has 0 bridgehead atoms. The number of hydrogen-bond acceptors (Lipinski definition) is 3. The predicted octanol–water partition coefficient (Wildman–Crippen LogP) is 2.62. The first kappa shape index (κ1) is 17.4. The largest absolute Gasteiger partial charge is 0.481 e. The minimum atomic E-state index is -0.642. The second-order valence-electron chi connectivity index (χ2n) is 5.77. The number of rotatable bonds is 7. The number of carbonyl (C=O) groups is 1. The molecule has 0 saturated carbocycles. The summed E-state index contributed by atoms with van der Waals surface area (Å²) in [6.45, 7) is 8.09. The van der Waals surface area contributed by atoms with Gasteiger partial charge in [-0.25, -0.2) is 4.39 Å². The average molecular weight is 296 g/mol. The highest BCUT2D eigenvalue weighted by molar-refractivity contribution is 5.81. The highest BCUT2D eigenvalue weighted by atomic mass is 19.1. The van der Waals surface area contributed by atoms with E-state index < -0.39 is 6.10 Å². The maximum atomic E-state index is 13.3. The molecule has 1 amide bonds. The Morgan fingerprint density at radius 3 is 2.67 bits per heavy atom. The van der Waals surface area contributed by atoms with Gasteiger partial charge in [0.05, 0.1) is 0 Å². The highest BCUT2D eigenvalue weighted by Crippen LogP contribution is 2.21. The lowest BCUT2D eigenvalue weighted by Crippen LogP contribution is -2.48. The zero-order chi connectivity index (χ0) is 16.0. The molecule has 1 atom stereocenters. The van der Waals surface area contributed by atoms with Gasteiger partial charge in [-0.15, -0.1) is 0 Å². The lowest BCUT2D eigenvalue weighted by Gasteiger charge is -2.27. The fourth-order valence-electron chi connectivity index (χ4n) is 1.76. The van der Waals surface area contributed by atoms with Crippen molar-refractivity contribution in [3.05, 3.63) is 29.6 Å². The van der Waals surface area contributed by atoms with Crippen LogP contribution in [0.2, 0.25) is 0 Å². The SMILES string of the molecule is CCC(C)(C)NC(=O)C(C)Oc1ccc(F)cc1CNC. The maximum Gasteiger partial charge on any atom is 0.261 e. The summed E-state index contributed by atoms with van der Waals surface area (Å²) >= 11 is 0. The number of ether oxygens (including phenoxy) is 1. The van der Waals surface area contributed by atoms with Crippen molar-refractivity contribution in [1.82, 2.24) is 10.6 Å². The van der Waals surface area contributed by atoms with Gasteiger partial charge in [0.15, 0.2) is 6.10 Å². The van der Waals surface area contributed by atoms with Gasteiger partial charge in [0.25, 0.3) is 5.91 Å². The number of amides is 1. The number of hydrogen-bond donors (Lipinski definition) is 2. The molecule has 1 unspecified atom stereocenters. The second kappa shape index (κ2) is 7.41. The van der Waals surface area contributed by atoms with Crippen LogP contribution in [0, 0.1) is 5.82 Å². The molecule has 0 saturated heterocycles. The fraction of sp³-hybridized carbons (Fsp3) is 0.562. The fourth-order valence-corrected chi connectivity index (χ4v) is 1.76. The summed E-state index contributed by atoms with van der Waals surface area (Å²) in [5.41, 5.74) is 0.414. The number of benzene rings is 1. The zero-order valence-corrected chi connectivity index (χ0v) is 13.4. The van der Waals surface area contributed by atoms with Crippen molar-refractivity contribution < 1.29 is 13.9 Å². The zero-order valence-electron chi connectivity index (χ0n) is 13.4. The molecule has 1 aromatic carbocycles. The Morgan fingerprint density at radius 1 is 1.43 bits per heavy atom. The third-order valence-electron chi connectivity index (χ3n) is 3.41. The summed E-state index contributed by atoms with van der Waals surface area (Å²) in [4.78, 5) is 12.1.